The highest BCUT2D eigenvalue weighted by Gasteiger charge is 2.10. The van der Waals surface area contributed by atoms with Crippen molar-refractivity contribution in [2.45, 2.75) is 13.8 Å². The third-order valence-electron chi connectivity index (χ3n) is 3.40. The molecule has 0 amide bonds. The Morgan fingerprint density at radius 3 is 2.65 bits per heavy atom. The fraction of sp³-hybridized carbons (Fsp3) is 0.133. The Balaban J connectivity index is 2.22. The van der Waals surface area contributed by atoms with Crippen molar-refractivity contribution in [3.63, 3.8) is 0 Å². The largest absolute Gasteiger partial charge is 0.477 e. The van der Waals surface area contributed by atoms with Gasteiger partial charge in [0.05, 0.1) is 16.7 Å². The average Bonchev–Trinajstić information content (AvgIpc) is 2.82. The number of hydrogen-bond acceptors (Lipinski definition) is 3. The third kappa shape index (κ3) is 1.93. The molecule has 0 aliphatic rings. The molecule has 0 saturated heterocycles. The van der Waals surface area contributed by atoms with Crippen LogP contribution in [0.15, 0.2) is 36.8 Å². The summed E-state index contributed by atoms with van der Waals surface area (Å²) in [6.07, 6.45) is 3.19. The Bertz CT molecular complexity index is 821. The van der Waals surface area contributed by atoms with Crippen LogP contribution in [0.1, 0.15) is 21.6 Å². The summed E-state index contributed by atoms with van der Waals surface area (Å²) in [5.74, 6) is -1.04. The molecule has 0 saturated carbocycles. The second-order valence-corrected chi connectivity index (χ2v) is 4.74. The third-order valence-corrected chi connectivity index (χ3v) is 3.40. The molecule has 2 aromatic heterocycles. The molecule has 5 nitrogen and oxygen atoms in total. The van der Waals surface area contributed by atoms with Gasteiger partial charge in [-0.1, -0.05) is 0 Å². The first-order valence-electron chi connectivity index (χ1n) is 6.20. The second kappa shape index (κ2) is 4.45. The summed E-state index contributed by atoms with van der Waals surface area (Å²) >= 11 is 0. The van der Waals surface area contributed by atoms with Gasteiger partial charge in [0.2, 0.25) is 0 Å². The number of carboxylic acids is 1. The van der Waals surface area contributed by atoms with Crippen molar-refractivity contribution >= 4 is 17.0 Å². The van der Waals surface area contributed by atoms with E-state index in [0.717, 1.165) is 16.7 Å². The number of aryl methyl sites for hydroxylation is 2. The van der Waals surface area contributed by atoms with E-state index in [4.69, 9.17) is 5.11 Å². The zero-order chi connectivity index (χ0) is 14.3. The molecule has 0 fully saturated rings. The lowest BCUT2D eigenvalue weighted by atomic mass is 10.1. The molecule has 0 aliphatic carbocycles. The van der Waals surface area contributed by atoms with Gasteiger partial charge in [-0.15, -0.1) is 0 Å². The van der Waals surface area contributed by atoms with E-state index in [0.29, 0.717) is 0 Å². The minimum atomic E-state index is -1.04. The van der Waals surface area contributed by atoms with Crippen LogP contribution in [0, 0.1) is 13.8 Å². The van der Waals surface area contributed by atoms with Crippen LogP contribution >= 0.6 is 0 Å². The Hall–Kier alpha value is -2.69. The summed E-state index contributed by atoms with van der Waals surface area (Å²) in [6, 6.07) is 7.39. The van der Waals surface area contributed by atoms with E-state index in [1.54, 1.807) is 18.5 Å². The van der Waals surface area contributed by atoms with E-state index in [9.17, 15) is 4.79 Å². The lowest BCUT2D eigenvalue weighted by Crippen LogP contribution is -2.02. The maximum absolute atomic E-state index is 11.0. The highest BCUT2D eigenvalue weighted by molar-refractivity contribution is 5.86. The van der Waals surface area contributed by atoms with E-state index in [1.807, 2.05) is 24.5 Å². The number of pyridine rings is 1. The molecular formula is C15H13N3O2. The highest BCUT2D eigenvalue weighted by atomic mass is 16.4. The standard InChI is InChI=1S/C15H13N3O2/c1-9-5-12-14(6-10(9)2)18(8-17-12)11-3-4-16-13(7-11)15(19)20/h3-8H,1-2H3,(H,19,20). The van der Waals surface area contributed by atoms with Crippen molar-refractivity contribution < 1.29 is 9.90 Å². The van der Waals surface area contributed by atoms with Gasteiger partial charge >= 0.3 is 5.97 Å². The summed E-state index contributed by atoms with van der Waals surface area (Å²) in [7, 11) is 0. The molecule has 0 radical (unpaired) electrons. The molecule has 20 heavy (non-hydrogen) atoms. The summed E-state index contributed by atoms with van der Waals surface area (Å²) < 4.78 is 1.87. The van der Waals surface area contributed by atoms with E-state index >= 15 is 0 Å². The number of hydrogen-bond donors (Lipinski definition) is 1. The van der Waals surface area contributed by atoms with Gasteiger partial charge in [-0.05, 0) is 49.2 Å². The van der Waals surface area contributed by atoms with Crippen LogP contribution in [-0.2, 0) is 0 Å². The Morgan fingerprint density at radius 1 is 1.15 bits per heavy atom. The lowest BCUT2D eigenvalue weighted by Gasteiger charge is -2.06. The van der Waals surface area contributed by atoms with Crippen LogP contribution in [-0.4, -0.2) is 25.6 Å². The van der Waals surface area contributed by atoms with E-state index in [1.165, 1.54) is 17.3 Å². The number of aromatic nitrogens is 3. The summed E-state index contributed by atoms with van der Waals surface area (Å²) in [5.41, 5.74) is 4.96. The van der Waals surface area contributed by atoms with Gasteiger partial charge < -0.3 is 5.11 Å². The number of carboxylic acid groups (broad SMARTS) is 1. The molecule has 0 aliphatic heterocycles. The first-order valence-corrected chi connectivity index (χ1v) is 6.20. The van der Waals surface area contributed by atoms with Crippen LogP contribution in [0.3, 0.4) is 0 Å². The smallest absolute Gasteiger partial charge is 0.354 e. The highest BCUT2D eigenvalue weighted by Crippen LogP contribution is 2.21. The van der Waals surface area contributed by atoms with Crippen LogP contribution in [0.25, 0.3) is 16.7 Å². The minimum Gasteiger partial charge on any atom is -0.477 e. The van der Waals surface area contributed by atoms with E-state index in [2.05, 4.69) is 16.0 Å². The van der Waals surface area contributed by atoms with Crippen LogP contribution < -0.4 is 0 Å². The van der Waals surface area contributed by atoms with Gasteiger partial charge in [-0.2, -0.15) is 0 Å². The molecule has 5 heteroatoms. The van der Waals surface area contributed by atoms with Gasteiger partial charge in [-0.3, -0.25) is 4.57 Å². The molecule has 0 atom stereocenters. The molecule has 100 valence electrons. The first kappa shape index (κ1) is 12.3. The number of nitrogens with zero attached hydrogens (tertiary/aromatic N) is 3. The fourth-order valence-electron chi connectivity index (χ4n) is 2.16. The molecule has 3 rings (SSSR count). The molecule has 0 bridgehead atoms. The maximum atomic E-state index is 11.0. The van der Waals surface area contributed by atoms with Crippen LogP contribution in [0.5, 0.6) is 0 Å². The Labute approximate surface area is 115 Å². The van der Waals surface area contributed by atoms with Crippen LogP contribution in [0.2, 0.25) is 0 Å². The lowest BCUT2D eigenvalue weighted by molar-refractivity contribution is 0.0690. The molecule has 1 aromatic carbocycles. The number of imidazole rings is 1. The Morgan fingerprint density at radius 2 is 1.90 bits per heavy atom. The summed E-state index contributed by atoms with van der Waals surface area (Å²) in [5, 5.41) is 9.01. The number of benzene rings is 1. The quantitative estimate of drug-likeness (QED) is 0.775. The van der Waals surface area contributed by atoms with Gasteiger partial charge in [0.25, 0.3) is 0 Å². The van der Waals surface area contributed by atoms with Gasteiger partial charge in [0, 0.05) is 6.20 Å². The number of fused-ring (bicyclic) bond motifs is 1. The number of rotatable bonds is 2. The van der Waals surface area contributed by atoms with Crippen molar-refractivity contribution in [3.8, 4) is 5.69 Å². The molecular weight excluding hydrogens is 254 g/mol. The average molecular weight is 267 g/mol. The summed E-state index contributed by atoms with van der Waals surface area (Å²) in [4.78, 5) is 19.2. The van der Waals surface area contributed by atoms with E-state index in [-0.39, 0.29) is 5.69 Å². The van der Waals surface area contributed by atoms with Crippen molar-refractivity contribution in [1.29, 1.82) is 0 Å². The number of aromatic carboxylic acids is 1. The van der Waals surface area contributed by atoms with Crippen LogP contribution in [0.4, 0.5) is 0 Å². The van der Waals surface area contributed by atoms with E-state index < -0.39 is 5.97 Å². The zero-order valence-electron chi connectivity index (χ0n) is 11.2. The topological polar surface area (TPSA) is 68.0 Å². The second-order valence-electron chi connectivity index (χ2n) is 4.74. The number of carbonyl (C=O) groups is 1. The van der Waals surface area contributed by atoms with Crippen molar-refractivity contribution in [2.75, 3.05) is 0 Å². The predicted molar refractivity (Wildman–Crippen MR) is 75.3 cm³/mol. The SMILES string of the molecule is Cc1cc2ncn(-c3ccnc(C(=O)O)c3)c2cc1C. The first-order chi connectivity index (χ1) is 9.56. The predicted octanol–water partition coefficient (Wildman–Crippen LogP) is 2.74. The molecule has 0 spiro atoms. The van der Waals surface area contributed by atoms with Gasteiger partial charge in [-0.25, -0.2) is 14.8 Å². The van der Waals surface area contributed by atoms with Crippen molar-refractivity contribution in [1.82, 2.24) is 14.5 Å². The van der Waals surface area contributed by atoms with Gasteiger partial charge in [0.1, 0.15) is 12.0 Å². The van der Waals surface area contributed by atoms with Crippen molar-refractivity contribution in [3.05, 3.63) is 53.6 Å². The monoisotopic (exact) mass is 267 g/mol. The van der Waals surface area contributed by atoms with Gasteiger partial charge in [0.15, 0.2) is 0 Å². The minimum absolute atomic E-state index is 0.0215. The zero-order valence-corrected chi connectivity index (χ0v) is 11.2. The summed E-state index contributed by atoms with van der Waals surface area (Å²) in [6.45, 7) is 4.09. The van der Waals surface area contributed by atoms with Crippen molar-refractivity contribution in [2.24, 2.45) is 0 Å². The molecule has 3 aromatic rings. The molecule has 2 heterocycles. The normalized spacial score (nSPS) is 10.9. The Kier molecular flexibility index (Phi) is 2.75. The maximum Gasteiger partial charge on any atom is 0.354 e. The fourth-order valence-corrected chi connectivity index (χ4v) is 2.16. The molecule has 0 unspecified atom stereocenters. The molecule has 1 N–H and O–H groups in total.